The molecular weight excluding hydrogens is 530 g/mol. The van der Waals surface area contributed by atoms with Gasteiger partial charge in [0.25, 0.3) is 0 Å². The van der Waals surface area contributed by atoms with Gasteiger partial charge in [0.15, 0.2) is 5.82 Å². The van der Waals surface area contributed by atoms with Crippen molar-refractivity contribution < 1.29 is 9.59 Å². The molecule has 4 aromatic rings. The van der Waals surface area contributed by atoms with Gasteiger partial charge in [-0.2, -0.15) is 10.1 Å². The number of carbonyl (C=O) groups is 2. The normalized spacial score (nSPS) is 15.8. The Morgan fingerprint density at radius 1 is 1.07 bits per heavy atom. The highest BCUT2D eigenvalue weighted by atomic mass is 16.2. The van der Waals surface area contributed by atoms with E-state index in [9.17, 15) is 9.59 Å². The molecule has 1 fully saturated rings. The van der Waals surface area contributed by atoms with Crippen molar-refractivity contribution in [1.82, 2.24) is 24.6 Å². The molecule has 0 radical (unpaired) electrons. The van der Waals surface area contributed by atoms with Gasteiger partial charge in [-0.15, -0.1) is 0 Å². The first-order valence-electron chi connectivity index (χ1n) is 14.0. The van der Waals surface area contributed by atoms with Gasteiger partial charge < -0.3 is 15.5 Å². The van der Waals surface area contributed by atoms with Crippen molar-refractivity contribution in [3.05, 3.63) is 90.9 Å². The third kappa shape index (κ3) is 5.46. The Kier molecular flexibility index (Phi) is 7.41. The highest BCUT2D eigenvalue weighted by molar-refractivity contribution is 6.10. The number of amides is 3. The van der Waals surface area contributed by atoms with Gasteiger partial charge in [-0.3, -0.25) is 14.4 Å². The Hall–Kier alpha value is -5.03. The summed E-state index contributed by atoms with van der Waals surface area (Å²) in [5.74, 6) is 0.493. The third-order valence-corrected chi connectivity index (χ3v) is 7.65. The minimum atomic E-state index is -0.339. The highest BCUT2D eigenvalue weighted by Crippen LogP contribution is 2.37. The van der Waals surface area contributed by atoms with Crippen molar-refractivity contribution in [1.29, 1.82) is 0 Å². The van der Waals surface area contributed by atoms with Crippen LogP contribution in [0, 0.1) is 6.92 Å². The van der Waals surface area contributed by atoms with Crippen molar-refractivity contribution in [2.75, 3.05) is 40.6 Å². The molecule has 2 aromatic heterocycles. The number of hydrogen-bond acceptors (Lipinski definition) is 7. The van der Waals surface area contributed by atoms with Crippen LogP contribution in [0.25, 0.3) is 0 Å². The summed E-state index contributed by atoms with van der Waals surface area (Å²) in [6, 6.07) is 16.7. The van der Waals surface area contributed by atoms with Crippen molar-refractivity contribution >= 4 is 46.5 Å². The number of urea groups is 1. The Morgan fingerprint density at radius 2 is 1.83 bits per heavy atom. The summed E-state index contributed by atoms with van der Waals surface area (Å²) in [4.78, 5) is 41.0. The van der Waals surface area contributed by atoms with Crippen LogP contribution in [0.3, 0.4) is 0 Å². The van der Waals surface area contributed by atoms with E-state index >= 15 is 0 Å². The molecule has 0 atom stereocenters. The molecule has 6 rings (SSSR count). The zero-order valence-electron chi connectivity index (χ0n) is 23.7. The molecule has 2 aliphatic heterocycles. The lowest BCUT2D eigenvalue weighted by Crippen LogP contribution is -2.45. The lowest BCUT2D eigenvalue weighted by molar-refractivity contribution is -0.111. The fourth-order valence-electron chi connectivity index (χ4n) is 5.34. The van der Waals surface area contributed by atoms with Gasteiger partial charge in [-0.1, -0.05) is 30.8 Å². The van der Waals surface area contributed by atoms with Crippen molar-refractivity contribution in [3.63, 3.8) is 0 Å². The third-order valence-electron chi connectivity index (χ3n) is 7.65. The van der Waals surface area contributed by atoms with E-state index < -0.39 is 0 Å². The second kappa shape index (κ2) is 11.5. The number of para-hydroxylation sites is 1. The summed E-state index contributed by atoms with van der Waals surface area (Å²) in [7, 11) is 2.14. The lowest BCUT2D eigenvalue weighted by Gasteiger charge is -2.36. The van der Waals surface area contributed by atoms with E-state index in [2.05, 4.69) is 34.1 Å². The molecule has 2 aromatic carbocycles. The molecule has 214 valence electrons. The topological polar surface area (TPSA) is 112 Å². The van der Waals surface area contributed by atoms with E-state index in [0.717, 1.165) is 48.6 Å². The lowest BCUT2D eigenvalue weighted by atomic mass is 10.1. The molecule has 4 heterocycles. The molecule has 11 heteroatoms. The molecule has 42 heavy (non-hydrogen) atoms. The van der Waals surface area contributed by atoms with Gasteiger partial charge in [0.2, 0.25) is 11.9 Å². The molecule has 2 N–H and O–H groups in total. The smallest absolute Gasteiger partial charge is 0.322 e. The van der Waals surface area contributed by atoms with Crippen LogP contribution in [-0.2, 0) is 11.3 Å². The predicted octanol–water partition coefficient (Wildman–Crippen LogP) is 5.39. The fourth-order valence-corrected chi connectivity index (χ4v) is 5.34. The van der Waals surface area contributed by atoms with Gasteiger partial charge >= 0.3 is 6.03 Å². The Balaban J connectivity index is 1.35. The summed E-state index contributed by atoms with van der Waals surface area (Å²) < 4.78 is 2.04. The van der Waals surface area contributed by atoms with Crippen LogP contribution in [-0.4, -0.2) is 56.7 Å². The van der Waals surface area contributed by atoms with Crippen LogP contribution in [0.15, 0.2) is 79.6 Å². The number of nitrogens with one attached hydrogen (secondary N) is 2. The standard InChI is InChI=1S/C31H33N9O2/c1-4-28(41)33-23-9-8-12-26(17-23)40-29-22(19-38(31(40)42)24-10-6-5-7-11-24)18-32-30(35-29)34-27-20-39(36-21(27)2)25-13-15-37(3)16-14-25/h4-12,17-18,20,25H,1,13-16,19H2,2-3H3,(H,33,41)(H,32,34,35). The number of fused-ring (bicyclic) bond motifs is 1. The van der Waals surface area contributed by atoms with Crippen LogP contribution < -0.4 is 20.4 Å². The SMILES string of the molecule is C=CC(=O)Nc1cccc(N2C(=O)N(c3ccccc3)Cc3cnc(Nc4cn(C5CCN(C)CC5)nc4C)nc32)c1. The number of benzene rings is 2. The van der Waals surface area contributed by atoms with Crippen LogP contribution in [0.1, 0.15) is 30.1 Å². The van der Waals surface area contributed by atoms with Crippen LogP contribution in [0.2, 0.25) is 0 Å². The molecule has 11 nitrogen and oxygen atoms in total. The molecule has 0 saturated carbocycles. The van der Waals surface area contributed by atoms with Gasteiger partial charge in [-0.25, -0.2) is 14.7 Å². The summed E-state index contributed by atoms with van der Waals surface area (Å²) in [6.07, 6.45) is 7.06. The van der Waals surface area contributed by atoms with Crippen LogP contribution in [0.5, 0.6) is 0 Å². The Morgan fingerprint density at radius 3 is 2.60 bits per heavy atom. The molecule has 1 saturated heterocycles. The Labute approximate surface area is 244 Å². The average molecular weight is 564 g/mol. The van der Waals surface area contributed by atoms with Crippen molar-refractivity contribution in [3.8, 4) is 0 Å². The zero-order chi connectivity index (χ0) is 29.2. The number of nitrogens with zero attached hydrogens (tertiary/aromatic N) is 7. The number of piperidine rings is 1. The highest BCUT2D eigenvalue weighted by Gasteiger charge is 2.34. The zero-order valence-corrected chi connectivity index (χ0v) is 23.7. The number of aryl methyl sites for hydroxylation is 1. The maximum Gasteiger partial charge on any atom is 0.335 e. The van der Waals surface area contributed by atoms with Crippen molar-refractivity contribution in [2.24, 2.45) is 0 Å². The summed E-state index contributed by atoms with van der Waals surface area (Å²) >= 11 is 0. The first-order valence-corrected chi connectivity index (χ1v) is 14.0. The maximum atomic E-state index is 14.1. The number of rotatable bonds is 7. The molecule has 0 aliphatic carbocycles. The van der Waals surface area contributed by atoms with E-state index in [1.54, 1.807) is 34.2 Å². The minimum absolute atomic E-state index is 0.267. The van der Waals surface area contributed by atoms with E-state index in [0.29, 0.717) is 35.7 Å². The van der Waals surface area contributed by atoms with Crippen LogP contribution >= 0.6 is 0 Å². The average Bonchev–Trinajstić information content (AvgIpc) is 3.37. The molecule has 3 amide bonds. The second-order valence-corrected chi connectivity index (χ2v) is 10.6. The molecule has 0 bridgehead atoms. The number of aromatic nitrogens is 4. The predicted molar refractivity (Wildman–Crippen MR) is 163 cm³/mol. The van der Waals surface area contributed by atoms with E-state index in [4.69, 9.17) is 10.1 Å². The first kappa shape index (κ1) is 27.2. The summed E-state index contributed by atoms with van der Waals surface area (Å²) in [5.41, 5.74) is 4.30. The second-order valence-electron chi connectivity index (χ2n) is 10.6. The summed E-state index contributed by atoms with van der Waals surface area (Å²) in [5, 5.41) is 10.9. The number of likely N-dealkylation sites (tertiary alicyclic amines) is 1. The monoisotopic (exact) mass is 563 g/mol. The van der Waals surface area contributed by atoms with Gasteiger partial charge in [0.1, 0.15) is 0 Å². The first-order chi connectivity index (χ1) is 20.4. The van der Waals surface area contributed by atoms with E-state index in [1.807, 2.05) is 54.2 Å². The largest absolute Gasteiger partial charge is 0.335 e. The molecule has 2 aliphatic rings. The quantitative estimate of drug-likeness (QED) is 0.290. The Bertz CT molecular complexity index is 1630. The summed E-state index contributed by atoms with van der Waals surface area (Å²) in [6.45, 7) is 7.88. The number of carbonyl (C=O) groups excluding carboxylic acids is 2. The molecular formula is C31H33N9O2. The molecule has 0 unspecified atom stereocenters. The van der Waals surface area contributed by atoms with E-state index in [-0.39, 0.29) is 11.9 Å². The maximum absolute atomic E-state index is 14.1. The number of hydrogen-bond donors (Lipinski definition) is 2. The van der Waals surface area contributed by atoms with E-state index in [1.165, 1.54) is 6.08 Å². The van der Waals surface area contributed by atoms with Crippen LogP contribution in [0.4, 0.5) is 39.3 Å². The number of anilines is 6. The van der Waals surface area contributed by atoms with Gasteiger partial charge in [-0.05, 0) is 76.3 Å². The van der Waals surface area contributed by atoms with Gasteiger partial charge in [0.05, 0.1) is 29.7 Å². The minimum Gasteiger partial charge on any atom is -0.322 e. The fraction of sp³-hybridized carbons (Fsp3) is 0.258. The van der Waals surface area contributed by atoms with Gasteiger partial charge in [0, 0.05) is 29.3 Å². The van der Waals surface area contributed by atoms with Crippen molar-refractivity contribution in [2.45, 2.75) is 32.4 Å². The molecule has 0 spiro atoms.